The quantitative estimate of drug-likeness (QED) is 0.0796. The van der Waals surface area contributed by atoms with Gasteiger partial charge in [0.25, 0.3) is 0 Å². The van der Waals surface area contributed by atoms with Gasteiger partial charge in [0.15, 0.2) is 0 Å². The molecular formula is C118H88Ge2N8. The van der Waals surface area contributed by atoms with Crippen molar-refractivity contribution in [3.63, 3.8) is 0 Å². The summed E-state index contributed by atoms with van der Waals surface area (Å²) in [7, 11) is 0. The Morgan fingerprint density at radius 3 is 0.711 bits per heavy atom. The first kappa shape index (κ1) is 79.8. The van der Waals surface area contributed by atoms with E-state index in [-0.39, 0.29) is 0 Å². The predicted octanol–water partition coefficient (Wildman–Crippen LogP) is 23.3. The molecule has 608 valence electrons. The Morgan fingerprint density at radius 2 is 0.406 bits per heavy atom. The normalized spacial score (nSPS) is 11.6. The zero-order valence-electron chi connectivity index (χ0n) is 71.5. The molecule has 0 N–H and O–H groups in total. The first-order valence-electron chi connectivity index (χ1n) is 43.7. The Hall–Kier alpha value is -15.3. The zero-order valence-corrected chi connectivity index (χ0v) is 75.7. The van der Waals surface area contributed by atoms with Crippen molar-refractivity contribution in [2.75, 3.05) is 0 Å². The monoisotopic (exact) mass is 1760 g/mol. The topological polar surface area (TPSA) is 87.2 Å². The van der Waals surface area contributed by atoms with E-state index >= 15 is 0 Å². The molecule has 0 fully saturated rings. The van der Waals surface area contributed by atoms with Crippen molar-refractivity contribution in [2.24, 2.45) is 0 Å². The van der Waals surface area contributed by atoms with Gasteiger partial charge in [0.2, 0.25) is 0 Å². The summed E-state index contributed by atoms with van der Waals surface area (Å²) in [6.45, 7) is 8.70. The number of nitrogens with zero attached hydrogens (tertiary/aromatic N) is 8. The van der Waals surface area contributed by atoms with Gasteiger partial charge in [0.1, 0.15) is 0 Å². The Labute approximate surface area is 751 Å². The van der Waals surface area contributed by atoms with Crippen molar-refractivity contribution in [3.8, 4) is 102 Å². The third-order valence-electron chi connectivity index (χ3n) is 25.0. The van der Waals surface area contributed by atoms with Gasteiger partial charge in [0, 0.05) is 0 Å². The van der Waals surface area contributed by atoms with E-state index < -0.39 is 26.5 Å². The molecule has 0 aliphatic heterocycles. The van der Waals surface area contributed by atoms with Gasteiger partial charge in [-0.15, -0.1) is 0 Å². The van der Waals surface area contributed by atoms with Gasteiger partial charge in [-0.25, -0.2) is 0 Å². The van der Waals surface area contributed by atoms with E-state index in [1.807, 2.05) is 72.8 Å². The SMILES string of the molecule is Cc1ccc2c(c1)c1cc(C)ccc1n2-c1cc(-c2nc(-c3ccccc3)nc(-c3ccccc3)n2)ccc1-c1cc[c]([Ge]([c]2ccccc2)([c]2ccccc2)[c]2ccccc2)cc1.Cc1ccc2c(c1)c1cc(C)ccc1n2-c1cc(-c2nc(-c3ccccc3)nc(-c3ccccc3)n2)ccc1-c1cccc[c]1[Ge]([c]1ccccc1)([c]1ccccc1)[c]1ccccc1. The third kappa shape index (κ3) is 14.8. The van der Waals surface area contributed by atoms with Crippen LogP contribution in [0.3, 0.4) is 0 Å². The number of rotatable bonds is 18. The van der Waals surface area contributed by atoms with Crippen LogP contribution < -0.4 is 35.2 Å². The standard InChI is InChI=1S/2C59H44GeN4/c1-41-32-36-54-51(38-41)52-39-42(2)33-37-55(52)64(54)56-40-45(59-62-57(43-20-8-3-9-21-43)61-58(63-59)44-22-10-4-11-23-44)34-35-50(56)49-30-18-19-31-53(49)60(46-24-12-5-13-25-46,47-26-14-6-15-27-47)48-28-16-7-17-29-48;1-41-28-36-54-52(38-41)53-39-42(2)29-37-55(53)64(54)56-40-46(59-62-57(44-18-8-3-9-19-44)61-58(63-59)45-20-10-4-11-21-45)32-35-51(56)43-30-33-50(34-31-43)60(47-22-12-5-13-23-47,48-24-14-6-15-25-48)49-26-16-7-17-27-49/h2*3-40H,1-2H3. The van der Waals surface area contributed by atoms with E-state index in [2.05, 4.69) is 425 Å². The third-order valence-corrected chi connectivity index (χ3v) is 45.3. The van der Waals surface area contributed by atoms with E-state index in [9.17, 15) is 0 Å². The van der Waals surface area contributed by atoms with Crippen LogP contribution >= 0.6 is 0 Å². The van der Waals surface area contributed by atoms with Crippen LogP contribution in [0.25, 0.3) is 146 Å². The molecule has 0 bridgehead atoms. The summed E-state index contributed by atoms with van der Waals surface area (Å²) in [4.78, 5) is 30.8. The van der Waals surface area contributed by atoms with Crippen LogP contribution in [0.1, 0.15) is 22.3 Å². The average molecular weight is 1760 g/mol. The van der Waals surface area contributed by atoms with Crippen LogP contribution in [0, 0.1) is 27.7 Å². The molecule has 4 heterocycles. The number of aryl methyl sites for hydroxylation is 4. The summed E-state index contributed by atoms with van der Waals surface area (Å²) in [6.07, 6.45) is 0. The second-order valence-corrected chi connectivity index (χ2v) is 49.0. The molecule has 0 saturated heterocycles. The van der Waals surface area contributed by atoms with Crippen LogP contribution in [0.2, 0.25) is 0 Å². The van der Waals surface area contributed by atoms with Crippen LogP contribution in [-0.2, 0) is 0 Å². The molecule has 128 heavy (non-hydrogen) atoms. The summed E-state index contributed by atoms with van der Waals surface area (Å²) in [6, 6.07) is 168. The van der Waals surface area contributed by atoms with Crippen molar-refractivity contribution in [1.82, 2.24) is 39.0 Å². The molecule has 0 spiro atoms. The molecular weight excluding hydrogens is 1670 g/mol. The van der Waals surface area contributed by atoms with E-state index in [0.29, 0.717) is 34.9 Å². The zero-order chi connectivity index (χ0) is 86.1. The number of hydrogen-bond donors (Lipinski definition) is 0. The van der Waals surface area contributed by atoms with Gasteiger partial charge in [-0.1, -0.05) is 72.8 Å². The molecule has 0 atom stereocenters. The molecule has 0 amide bonds. The van der Waals surface area contributed by atoms with Crippen molar-refractivity contribution in [2.45, 2.75) is 27.7 Å². The maximum absolute atomic E-state index is 5.23. The van der Waals surface area contributed by atoms with Crippen molar-refractivity contribution >= 4 is 105 Å². The number of benzene rings is 18. The van der Waals surface area contributed by atoms with E-state index in [4.69, 9.17) is 29.9 Å². The Morgan fingerprint density at radius 1 is 0.172 bits per heavy atom. The Kier molecular flexibility index (Phi) is 21.6. The van der Waals surface area contributed by atoms with Crippen LogP contribution in [0.5, 0.6) is 0 Å². The molecule has 22 aromatic rings. The predicted molar refractivity (Wildman–Crippen MR) is 538 cm³/mol. The van der Waals surface area contributed by atoms with E-state index in [0.717, 1.165) is 83.5 Å². The molecule has 10 heteroatoms. The van der Waals surface area contributed by atoms with Gasteiger partial charge in [0.05, 0.1) is 0 Å². The number of hydrogen-bond acceptors (Lipinski definition) is 6. The minimum absolute atomic E-state index is 0.617. The fourth-order valence-corrected chi connectivity index (χ4v) is 39.5. The second-order valence-electron chi connectivity index (χ2n) is 33.1. The number of aromatic nitrogens is 8. The Balaban J connectivity index is 0.000000156. The molecule has 8 nitrogen and oxygen atoms in total. The molecule has 18 aromatic carbocycles. The average Bonchev–Trinajstić information content (AvgIpc) is 1.14. The molecule has 0 aliphatic carbocycles. The number of fused-ring (bicyclic) bond motifs is 6. The van der Waals surface area contributed by atoms with Gasteiger partial charge in [-0.05, 0) is 0 Å². The van der Waals surface area contributed by atoms with Gasteiger partial charge >= 0.3 is 685 Å². The second kappa shape index (κ2) is 34.6. The first-order chi connectivity index (χ1) is 63.1. The van der Waals surface area contributed by atoms with Crippen LogP contribution in [-0.4, -0.2) is 65.6 Å². The Bertz CT molecular complexity index is 7370. The van der Waals surface area contributed by atoms with E-state index in [1.54, 1.807) is 0 Å². The van der Waals surface area contributed by atoms with Crippen molar-refractivity contribution in [1.29, 1.82) is 0 Å². The van der Waals surface area contributed by atoms with Gasteiger partial charge in [-0.2, -0.15) is 0 Å². The van der Waals surface area contributed by atoms with Crippen LogP contribution in [0.15, 0.2) is 461 Å². The first-order valence-corrected chi connectivity index (χ1v) is 52.1. The molecule has 22 rings (SSSR count). The van der Waals surface area contributed by atoms with Crippen molar-refractivity contribution < 1.29 is 0 Å². The fraction of sp³-hybridized carbons (Fsp3) is 0.0339. The summed E-state index contributed by atoms with van der Waals surface area (Å²) in [5.74, 6) is 3.78. The summed E-state index contributed by atoms with van der Waals surface area (Å²) in [5, 5.41) is 4.92. The van der Waals surface area contributed by atoms with Crippen LogP contribution in [0.4, 0.5) is 0 Å². The fourth-order valence-electron chi connectivity index (χ4n) is 19.1. The molecule has 4 aromatic heterocycles. The molecule has 0 saturated carbocycles. The summed E-state index contributed by atoms with van der Waals surface area (Å²) >= 11 is -7.25. The van der Waals surface area contributed by atoms with Gasteiger partial charge < -0.3 is 0 Å². The molecule has 0 unspecified atom stereocenters. The molecule has 0 radical (unpaired) electrons. The summed E-state index contributed by atoms with van der Waals surface area (Å²) < 4.78 is 16.0. The maximum atomic E-state index is 5.23. The molecule has 0 aliphatic rings. The van der Waals surface area contributed by atoms with Gasteiger partial charge in [-0.3, -0.25) is 0 Å². The summed E-state index contributed by atoms with van der Waals surface area (Å²) in [5.41, 5.74) is 21.8. The van der Waals surface area contributed by atoms with Crippen molar-refractivity contribution in [3.05, 3.63) is 483 Å². The minimum atomic E-state index is -3.77. The van der Waals surface area contributed by atoms with E-state index in [1.165, 1.54) is 84.5 Å².